The molecule has 0 unspecified atom stereocenters. The van der Waals surface area contributed by atoms with E-state index in [1.54, 1.807) is 0 Å². The summed E-state index contributed by atoms with van der Waals surface area (Å²) in [4.78, 5) is 12.2. The summed E-state index contributed by atoms with van der Waals surface area (Å²) in [7, 11) is 1.39. The van der Waals surface area contributed by atoms with Crippen LogP contribution in [0.25, 0.3) is 10.1 Å². The molecule has 1 heterocycles. The number of esters is 1. The first kappa shape index (κ1) is 16.7. The zero-order valence-corrected chi connectivity index (χ0v) is 14.6. The van der Waals surface area contributed by atoms with E-state index >= 15 is 0 Å². The van der Waals surface area contributed by atoms with E-state index in [1.807, 2.05) is 24.3 Å². The maximum absolute atomic E-state index is 11.6. The van der Waals surface area contributed by atoms with Crippen molar-refractivity contribution in [2.45, 2.75) is 20.3 Å². The molecule has 6 heteroatoms. The average Bonchev–Trinajstić information content (AvgIpc) is 2.89. The molecule has 2 aromatic rings. The van der Waals surface area contributed by atoms with Crippen LogP contribution in [0.15, 0.2) is 24.3 Å². The van der Waals surface area contributed by atoms with E-state index in [0.29, 0.717) is 15.9 Å². The fraction of sp³-hybridized carbons (Fsp3) is 0.375. The Balaban J connectivity index is 2.03. The Morgan fingerprint density at radius 3 is 2.82 bits per heavy atom. The summed E-state index contributed by atoms with van der Waals surface area (Å²) in [6.45, 7) is 5.22. The van der Waals surface area contributed by atoms with E-state index in [4.69, 9.17) is 17.0 Å². The van der Waals surface area contributed by atoms with Crippen molar-refractivity contribution in [3.8, 4) is 0 Å². The fourth-order valence-electron chi connectivity index (χ4n) is 1.97. The van der Waals surface area contributed by atoms with Crippen molar-refractivity contribution in [3.05, 3.63) is 29.1 Å². The molecule has 22 heavy (non-hydrogen) atoms. The fourth-order valence-corrected chi connectivity index (χ4v) is 3.15. The lowest BCUT2D eigenvalue weighted by Gasteiger charge is -2.11. The molecule has 0 bridgehead atoms. The van der Waals surface area contributed by atoms with Crippen molar-refractivity contribution in [1.82, 2.24) is 5.32 Å². The van der Waals surface area contributed by atoms with E-state index in [0.717, 1.165) is 28.7 Å². The van der Waals surface area contributed by atoms with Gasteiger partial charge in [0.1, 0.15) is 4.88 Å². The summed E-state index contributed by atoms with van der Waals surface area (Å²) < 4.78 is 5.80. The predicted molar refractivity (Wildman–Crippen MR) is 96.8 cm³/mol. The highest BCUT2D eigenvalue weighted by molar-refractivity contribution is 7.80. The van der Waals surface area contributed by atoms with Crippen LogP contribution in [0.4, 0.5) is 5.69 Å². The first-order valence-corrected chi connectivity index (χ1v) is 8.39. The van der Waals surface area contributed by atoms with Crippen molar-refractivity contribution < 1.29 is 9.53 Å². The number of ether oxygens (including phenoxy) is 1. The molecule has 1 aromatic heterocycles. The Morgan fingerprint density at radius 2 is 2.14 bits per heavy atom. The number of thiocarbonyl (C=S) groups is 1. The third-order valence-corrected chi connectivity index (χ3v) is 4.51. The van der Waals surface area contributed by atoms with Crippen LogP contribution in [0.1, 0.15) is 29.9 Å². The monoisotopic (exact) mass is 336 g/mol. The molecule has 1 aromatic carbocycles. The lowest BCUT2D eigenvalue weighted by Crippen LogP contribution is -2.29. The molecule has 0 fully saturated rings. The van der Waals surface area contributed by atoms with E-state index in [-0.39, 0.29) is 5.97 Å². The smallest absolute Gasteiger partial charge is 0.348 e. The van der Waals surface area contributed by atoms with Crippen LogP contribution < -0.4 is 10.6 Å². The zero-order chi connectivity index (χ0) is 16.1. The second-order valence-electron chi connectivity index (χ2n) is 5.42. The molecule has 4 nitrogen and oxygen atoms in total. The zero-order valence-electron chi connectivity index (χ0n) is 12.9. The van der Waals surface area contributed by atoms with Crippen LogP contribution in [-0.2, 0) is 4.74 Å². The van der Waals surface area contributed by atoms with Crippen LogP contribution >= 0.6 is 23.6 Å². The largest absolute Gasteiger partial charge is 0.465 e. The number of anilines is 1. The lowest BCUT2D eigenvalue weighted by molar-refractivity contribution is 0.0606. The molecule has 0 aliphatic heterocycles. The molecule has 2 N–H and O–H groups in total. The highest BCUT2D eigenvalue weighted by Crippen LogP contribution is 2.28. The molecule has 2 rings (SSSR count). The number of nitrogens with one attached hydrogen (secondary N) is 2. The predicted octanol–water partition coefficient (Wildman–Crippen LogP) is 4.02. The number of carbonyl (C=O) groups excluding carboxylic acids is 1. The van der Waals surface area contributed by atoms with Crippen LogP contribution in [-0.4, -0.2) is 24.7 Å². The first-order chi connectivity index (χ1) is 10.5. The minimum absolute atomic E-state index is 0.304. The maximum atomic E-state index is 11.6. The summed E-state index contributed by atoms with van der Waals surface area (Å²) in [5.41, 5.74) is 0.906. The Hall–Kier alpha value is -1.66. The number of rotatable bonds is 5. The highest BCUT2D eigenvalue weighted by Gasteiger charge is 2.10. The molecule has 118 valence electrons. The van der Waals surface area contributed by atoms with Crippen LogP contribution in [0.2, 0.25) is 0 Å². The van der Waals surface area contributed by atoms with E-state index in [2.05, 4.69) is 24.5 Å². The summed E-state index contributed by atoms with van der Waals surface area (Å²) in [5, 5.41) is 7.98. The van der Waals surface area contributed by atoms with Gasteiger partial charge in [-0.05, 0) is 54.2 Å². The number of benzene rings is 1. The average molecular weight is 336 g/mol. The van der Waals surface area contributed by atoms with Gasteiger partial charge in [-0.15, -0.1) is 11.3 Å². The minimum Gasteiger partial charge on any atom is -0.465 e. The maximum Gasteiger partial charge on any atom is 0.348 e. The van der Waals surface area contributed by atoms with Gasteiger partial charge in [-0.1, -0.05) is 13.8 Å². The quantitative estimate of drug-likeness (QED) is 0.638. The Morgan fingerprint density at radius 1 is 1.36 bits per heavy atom. The Labute approximate surface area is 139 Å². The van der Waals surface area contributed by atoms with Crippen molar-refractivity contribution in [2.24, 2.45) is 5.92 Å². The molecule has 0 spiro atoms. The lowest BCUT2D eigenvalue weighted by atomic mass is 10.1. The molecule has 0 saturated heterocycles. The highest BCUT2D eigenvalue weighted by atomic mass is 32.1. The normalized spacial score (nSPS) is 10.7. The number of methoxy groups -OCH3 is 1. The number of hydrogen-bond donors (Lipinski definition) is 2. The van der Waals surface area contributed by atoms with Crippen LogP contribution in [0.3, 0.4) is 0 Å². The van der Waals surface area contributed by atoms with E-state index in [9.17, 15) is 4.79 Å². The van der Waals surface area contributed by atoms with Crippen LogP contribution in [0, 0.1) is 5.92 Å². The Kier molecular flexibility index (Phi) is 5.74. The third-order valence-electron chi connectivity index (χ3n) is 3.17. The van der Waals surface area contributed by atoms with Crippen molar-refractivity contribution in [3.63, 3.8) is 0 Å². The molecule has 0 saturated carbocycles. The van der Waals surface area contributed by atoms with Gasteiger partial charge in [0, 0.05) is 16.9 Å². The van der Waals surface area contributed by atoms with Gasteiger partial charge < -0.3 is 15.4 Å². The summed E-state index contributed by atoms with van der Waals surface area (Å²) >= 11 is 6.71. The van der Waals surface area contributed by atoms with Gasteiger partial charge in [0.2, 0.25) is 0 Å². The molecule has 0 radical (unpaired) electrons. The topological polar surface area (TPSA) is 50.4 Å². The number of fused-ring (bicyclic) bond motifs is 1. The van der Waals surface area contributed by atoms with Crippen molar-refractivity contribution in [1.29, 1.82) is 0 Å². The second-order valence-corrected chi connectivity index (χ2v) is 6.91. The molecule has 0 aliphatic rings. The van der Waals surface area contributed by atoms with Gasteiger partial charge >= 0.3 is 5.97 Å². The van der Waals surface area contributed by atoms with Gasteiger partial charge in [0.15, 0.2) is 5.11 Å². The number of thiophene rings is 1. The van der Waals surface area contributed by atoms with Gasteiger partial charge in [-0.3, -0.25) is 0 Å². The van der Waals surface area contributed by atoms with Crippen molar-refractivity contribution in [2.75, 3.05) is 19.0 Å². The first-order valence-electron chi connectivity index (χ1n) is 7.16. The summed E-state index contributed by atoms with van der Waals surface area (Å²) in [6.07, 6.45) is 1.08. The molecule has 0 aliphatic carbocycles. The molecular formula is C16H20N2O2S2. The van der Waals surface area contributed by atoms with Gasteiger partial charge in [0.25, 0.3) is 0 Å². The van der Waals surface area contributed by atoms with E-state index in [1.165, 1.54) is 18.4 Å². The summed E-state index contributed by atoms with van der Waals surface area (Å²) in [6, 6.07) is 7.75. The van der Waals surface area contributed by atoms with Gasteiger partial charge in [-0.2, -0.15) is 0 Å². The number of hydrogen-bond acceptors (Lipinski definition) is 4. The van der Waals surface area contributed by atoms with Crippen molar-refractivity contribution >= 4 is 50.4 Å². The van der Waals surface area contributed by atoms with Gasteiger partial charge in [0.05, 0.1) is 7.11 Å². The summed E-state index contributed by atoms with van der Waals surface area (Å²) in [5.74, 6) is 0.343. The second kappa shape index (κ2) is 7.56. The van der Waals surface area contributed by atoms with Crippen LogP contribution in [0.5, 0.6) is 0 Å². The molecule has 0 atom stereocenters. The minimum atomic E-state index is -0.304. The molecule has 0 amide bonds. The van der Waals surface area contributed by atoms with E-state index < -0.39 is 0 Å². The van der Waals surface area contributed by atoms with Gasteiger partial charge in [-0.25, -0.2) is 4.79 Å². The Bertz CT molecular complexity index is 680. The third kappa shape index (κ3) is 4.42. The SMILES string of the molecule is COC(=O)c1cc2cc(NC(=S)NCCC(C)C)ccc2s1. The molecular weight excluding hydrogens is 316 g/mol. The standard InChI is InChI=1S/C16H20N2O2S2/c1-10(2)6-7-17-16(21)18-12-4-5-13-11(8-12)9-14(22-13)15(19)20-3/h4-5,8-10H,6-7H2,1-3H3,(H2,17,18,21). The number of carbonyl (C=O) groups is 1.